The van der Waals surface area contributed by atoms with Gasteiger partial charge >= 0.3 is 6.09 Å². The van der Waals surface area contributed by atoms with E-state index < -0.39 is 69.0 Å². The van der Waals surface area contributed by atoms with Crippen molar-refractivity contribution in [1.29, 1.82) is 0 Å². The summed E-state index contributed by atoms with van der Waals surface area (Å²) in [6.07, 6.45) is 0.245. The Bertz CT molecular complexity index is 1600. The molecule has 2 aliphatic heterocycles. The number of nitrogens with zero attached hydrogens (tertiary/aromatic N) is 2. The third-order valence-corrected chi connectivity index (χ3v) is 10.5. The van der Waals surface area contributed by atoms with Crippen molar-refractivity contribution in [2.75, 3.05) is 12.0 Å². The summed E-state index contributed by atoms with van der Waals surface area (Å²) < 4.78 is 18.9. The van der Waals surface area contributed by atoms with E-state index in [4.69, 9.17) is 23.2 Å². The highest BCUT2D eigenvalue weighted by Crippen LogP contribution is 2.66. The van der Waals surface area contributed by atoms with Gasteiger partial charge in [0.15, 0.2) is 9.75 Å². The standard InChI is InChI=1S/C28H20BrCl2FN2O7/c1-41-26(40)34-22(36)16-8-7-15-18(20(16)23(34)37)11-27(30)24(38)33(14-5-3-13(32)4-6-14)25(39)28(27,31)21(15)17-10-12(29)2-9-19(17)35/h2-7,9-10,16,18,20-21,35H,8,11H2,1H3/t16-,18+,20-,21+,27+,28-/m0/s1. The normalized spacial score (nSPS) is 32.5. The molecule has 6 atom stereocenters. The number of phenols is 1. The van der Waals surface area contributed by atoms with Crippen molar-refractivity contribution in [3.05, 3.63) is 70.0 Å². The van der Waals surface area contributed by atoms with Gasteiger partial charge in [-0.2, -0.15) is 4.90 Å². The maximum absolute atomic E-state index is 14.2. The largest absolute Gasteiger partial charge is 0.508 e. The lowest BCUT2D eigenvalue weighted by Crippen LogP contribution is -2.60. The number of allylic oxidation sites excluding steroid dienone is 2. The number of carbonyl (C=O) groups excluding carboxylic acids is 5. The van der Waals surface area contributed by atoms with Gasteiger partial charge in [-0.1, -0.05) is 27.6 Å². The molecule has 0 aromatic heterocycles. The summed E-state index contributed by atoms with van der Waals surface area (Å²) >= 11 is 17.8. The lowest BCUT2D eigenvalue weighted by molar-refractivity contribution is -0.138. The molecule has 0 spiro atoms. The van der Waals surface area contributed by atoms with Crippen molar-refractivity contribution < 1.29 is 38.2 Å². The SMILES string of the molecule is COC(=O)N1C(=O)[C@H]2[C@H](CC=C3[C@H]2C[C@@]2(Cl)C(=O)N(c4ccc(F)cc4)C(=O)[C@@]2(Cl)[C@H]3c2cc(Br)ccc2O)C1=O. The molecule has 1 saturated carbocycles. The number of benzene rings is 2. The van der Waals surface area contributed by atoms with Crippen LogP contribution in [0.4, 0.5) is 14.9 Å². The van der Waals surface area contributed by atoms with Crippen LogP contribution in [0.25, 0.3) is 0 Å². The molecule has 2 saturated heterocycles. The summed E-state index contributed by atoms with van der Waals surface area (Å²) in [5.74, 6) is -8.33. The van der Waals surface area contributed by atoms with Gasteiger partial charge in [-0.3, -0.25) is 19.2 Å². The lowest BCUT2D eigenvalue weighted by Gasteiger charge is -2.50. The summed E-state index contributed by atoms with van der Waals surface area (Å²) in [7, 11) is 1.05. The van der Waals surface area contributed by atoms with Crippen LogP contribution in [0.5, 0.6) is 5.75 Å². The predicted octanol–water partition coefficient (Wildman–Crippen LogP) is 4.62. The summed E-state index contributed by atoms with van der Waals surface area (Å²) in [6, 6.07) is 9.13. The number of amides is 5. The Balaban J connectivity index is 1.57. The Morgan fingerprint density at radius 3 is 2.39 bits per heavy atom. The molecule has 4 aliphatic rings. The average molecular weight is 666 g/mol. The molecule has 0 radical (unpaired) electrons. The lowest BCUT2D eigenvalue weighted by atomic mass is 9.56. The number of hydrogen-bond donors (Lipinski definition) is 1. The highest BCUT2D eigenvalue weighted by molar-refractivity contribution is 9.10. The Morgan fingerprint density at radius 2 is 1.73 bits per heavy atom. The maximum atomic E-state index is 14.2. The van der Waals surface area contributed by atoms with Crippen LogP contribution in [0.1, 0.15) is 24.3 Å². The van der Waals surface area contributed by atoms with E-state index in [0.717, 1.165) is 24.1 Å². The number of phenolic OH excluding ortho intramolecular Hbond substituents is 1. The Hall–Kier alpha value is -3.28. The smallest absolute Gasteiger partial charge is 0.423 e. The molecule has 1 N–H and O–H groups in total. The fourth-order valence-electron chi connectivity index (χ4n) is 6.77. The van der Waals surface area contributed by atoms with Gasteiger partial charge in [-0.25, -0.2) is 14.1 Å². The highest BCUT2D eigenvalue weighted by Gasteiger charge is 2.77. The fraction of sp³-hybridized carbons (Fsp3) is 0.321. The van der Waals surface area contributed by atoms with E-state index >= 15 is 0 Å². The molecule has 5 amide bonds. The highest BCUT2D eigenvalue weighted by atomic mass is 79.9. The predicted molar refractivity (Wildman–Crippen MR) is 147 cm³/mol. The zero-order chi connectivity index (χ0) is 29.6. The zero-order valence-corrected chi connectivity index (χ0v) is 24.2. The van der Waals surface area contributed by atoms with Crippen LogP contribution in [0.15, 0.2) is 58.6 Å². The second kappa shape index (κ2) is 9.37. The van der Waals surface area contributed by atoms with Crippen LogP contribution < -0.4 is 4.90 Å². The van der Waals surface area contributed by atoms with Crippen LogP contribution >= 0.6 is 39.1 Å². The molecular weight excluding hydrogens is 646 g/mol. The van der Waals surface area contributed by atoms with Gasteiger partial charge in [-0.15, -0.1) is 23.2 Å². The van der Waals surface area contributed by atoms with E-state index in [1.54, 1.807) is 12.1 Å². The van der Waals surface area contributed by atoms with Crippen LogP contribution in [0.3, 0.4) is 0 Å². The van der Waals surface area contributed by atoms with E-state index in [2.05, 4.69) is 20.7 Å². The molecule has 6 rings (SSSR count). The summed E-state index contributed by atoms with van der Waals surface area (Å²) in [6.45, 7) is 0. The second-order valence-corrected chi connectivity index (χ2v) is 12.6. The molecule has 13 heteroatoms. The number of aromatic hydroxyl groups is 1. The van der Waals surface area contributed by atoms with Crippen molar-refractivity contribution in [2.24, 2.45) is 17.8 Å². The zero-order valence-electron chi connectivity index (χ0n) is 21.1. The van der Waals surface area contributed by atoms with E-state index in [0.29, 0.717) is 14.9 Å². The van der Waals surface area contributed by atoms with Crippen molar-refractivity contribution in [3.8, 4) is 5.75 Å². The third-order valence-electron chi connectivity index (χ3n) is 8.55. The number of ether oxygens (including phenoxy) is 1. The summed E-state index contributed by atoms with van der Waals surface area (Å²) in [5, 5.41) is 11.0. The number of alkyl halides is 2. The number of methoxy groups -OCH3 is 1. The van der Waals surface area contributed by atoms with Crippen LogP contribution in [-0.2, 0) is 23.9 Å². The van der Waals surface area contributed by atoms with Crippen molar-refractivity contribution in [3.63, 3.8) is 0 Å². The Kier molecular flexibility index (Phi) is 6.37. The molecule has 0 unspecified atom stereocenters. The monoisotopic (exact) mass is 664 g/mol. The molecule has 3 fully saturated rings. The first-order chi connectivity index (χ1) is 19.4. The second-order valence-electron chi connectivity index (χ2n) is 10.4. The van der Waals surface area contributed by atoms with Crippen molar-refractivity contribution in [1.82, 2.24) is 4.90 Å². The number of halogens is 4. The minimum absolute atomic E-state index is 0.0336. The molecule has 2 aromatic carbocycles. The minimum Gasteiger partial charge on any atom is -0.508 e. The van der Waals surface area contributed by atoms with Gasteiger partial charge in [0.2, 0.25) is 11.8 Å². The molecule has 2 aliphatic carbocycles. The van der Waals surface area contributed by atoms with Crippen molar-refractivity contribution in [2.45, 2.75) is 28.5 Å². The van der Waals surface area contributed by atoms with Crippen LogP contribution in [0.2, 0.25) is 0 Å². The quantitative estimate of drug-likeness (QED) is 0.282. The molecule has 9 nitrogen and oxygen atoms in total. The minimum atomic E-state index is -2.19. The molecule has 212 valence electrons. The van der Waals surface area contributed by atoms with E-state index in [-0.39, 0.29) is 29.8 Å². The number of rotatable bonds is 2. The third kappa shape index (κ3) is 3.61. The molecule has 41 heavy (non-hydrogen) atoms. The number of imide groups is 4. The van der Waals surface area contributed by atoms with Crippen LogP contribution in [-0.4, -0.2) is 56.6 Å². The molecular formula is C28H20BrCl2FN2O7. The summed E-state index contributed by atoms with van der Waals surface area (Å²) in [4.78, 5) is 64.2. The van der Waals surface area contributed by atoms with Crippen LogP contribution in [0, 0.1) is 23.6 Å². The van der Waals surface area contributed by atoms with E-state index in [1.807, 2.05) is 0 Å². The maximum Gasteiger partial charge on any atom is 0.423 e. The van der Waals surface area contributed by atoms with Crippen molar-refractivity contribution >= 4 is 74.5 Å². The first-order valence-corrected chi connectivity index (χ1v) is 14.1. The van der Waals surface area contributed by atoms with Gasteiger partial charge in [0.05, 0.1) is 24.6 Å². The number of carbonyl (C=O) groups is 5. The topological polar surface area (TPSA) is 121 Å². The van der Waals surface area contributed by atoms with E-state index in [1.165, 1.54) is 24.3 Å². The van der Waals surface area contributed by atoms with Gasteiger partial charge < -0.3 is 9.84 Å². The number of fused-ring (bicyclic) bond motifs is 4. The van der Waals surface area contributed by atoms with Gasteiger partial charge in [-0.05, 0) is 61.2 Å². The number of anilines is 1. The molecule has 2 aromatic rings. The van der Waals surface area contributed by atoms with E-state index in [9.17, 15) is 33.5 Å². The Morgan fingerprint density at radius 1 is 1.05 bits per heavy atom. The first-order valence-electron chi connectivity index (χ1n) is 12.5. The fourth-order valence-corrected chi connectivity index (χ4v) is 8.08. The molecule has 2 heterocycles. The number of hydrogen-bond acceptors (Lipinski definition) is 7. The van der Waals surface area contributed by atoms with Gasteiger partial charge in [0, 0.05) is 16.0 Å². The average Bonchev–Trinajstić information content (AvgIpc) is 3.28. The first kappa shape index (κ1) is 27.9. The molecule has 0 bridgehead atoms. The van der Waals surface area contributed by atoms with Gasteiger partial charge in [0.1, 0.15) is 11.6 Å². The Labute approximate surface area is 250 Å². The number of likely N-dealkylation sites (tertiary alicyclic amines) is 1. The van der Waals surface area contributed by atoms with Gasteiger partial charge in [0.25, 0.3) is 11.8 Å². The summed E-state index contributed by atoms with van der Waals surface area (Å²) in [5.41, 5.74) is 0.630.